The second-order valence-electron chi connectivity index (χ2n) is 6.00. The zero-order valence-electron chi connectivity index (χ0n) is 13.1. The van der Waals surface area contributed by atoms with Gasteiger partial charge in [0.2, 0.25) is 5.95 Å². The Hall–Kier alpha value is -1.32. The molecule has 20 heavy (non-hydrogen) atoms. The summed E-state index contributed by atoms with van der Waals surface area (Å²) < 4.78 is 0. The summed E-state index contributed by atoms with van der Waals surface area (Å²) in [6, 6.07) is 3.00. The Morgan fingerprint density at radius 2 is 1.90 bits per heavy atom. The summed E-state index contributed by atoms with van der Waals surface area (Å²) in [5, 5.41) is 6.96. The van der Waals surface area contributed by atoms with Crippen molar-refractivity contribution in [1.29, 1.82) is 0 Å². The van der Waals surface area contributed by atoms with Gasteiger partial charge in [0, 0.05) is 23.8 Å². The Labute approximate surface area is 122 Å². The molecule has 2 rings (SSSR count). The molecule has 112 valence electrons. The van der Waals surface area contributed by atoms with E-state index in [1.165, 1.54) is 38.5 Å². The van der Waals surface area contributed by atoms with Crippen molar-refractivity contribution in [1.82, 2.24) is 9.97 Å². The summed E-state index contributed by atoms with van der Waals surface area (Å²) in [6.45, 7) is 6.38. The highest BCUT2D eigenvalue weighted by Gasteiger charge is 2.14. The van der Waals surface area contributed by atoms with Crippen LogP contribution in [0.15, 0.2) is 6.07 Å². The van der Waals surface area contributed by atoms with Gasteiger partial charge in [-0.25, -0.2) is 4.98 Å². The van der Waals surface area contributed by atoms with E-state index in [4.69, 9.17) is 0 Å². The fraction of sp³-hybridized carbons (Fsp3) is 0.750. The van der Waals surface area contributed by atoms with Crippen molar-refractivity contribution in [2.75, 3.05) is 10.6 Å². The summed E-state index contributed by atoms with van der Waals surface area (Å²) in [5.74, 6) is 1.71. The molecular weight excluding hydrogens is 248 g/mol. The van der Waals surface area contributed by atoms with Gasteiger partial charge in [-0.2, -0.15) is 4.98 Å². The topological polar surface area (TPSA) is 49.8 Å². The quantitative estimate of drug-likeness (QED) is 0.794. The number of rotatable bonds is 5. The average molecular weight is 276 g/mol. The SMILES string of the molecule is CCC(C)Nc1cc(C)nc(NC2CCCCCC2)n1. The first-order valence-corrected chi connectivity index (χ1v) is 8.06. The Bertz CT molecular complexity index is 411. The monoisotopic (exact) mass is 276 g/mol. The molecule has 0 spiro atoms. The molecule has 0 aromatic carbocycles. The van der Waals surface area contributed by atoms with Crippen molar-refractivity contribution in [3.05, 3.63) is 11.8 Å². The van der Waals surface area contributed by atoms with E-state index in [-0.39, 0.29) is 0 Å². The highest BCUT2D eigenvalue weighted by atomic mass is 15.2. The molecular formula is C16H28N4. The lowest BCUT2D eigenvalue weighted by Gasteiger charge is -2.18. The molecule has 4 nitrogen and oxygen atoms in total. The highest BCUT2D eigenvalue weighted by Crippen LogP contribution is 2.20. The molecule has 1 aromatic heterocycles. The van der Waals surface area contributed by atoms with Crippen molar-refractivity contribution in [2.24, 2.45) is 0 Å². The molecule has 1 heterocycles. The van der Waals surface area contributed by atoms with Crippen LogP contribution in [0.3, 0.4) is 0 Å². The van der Waals surface area contributed by atoms with E-state index < -0.39 is 0 Å². The Morgan fingerprint density at radius 3 is 2.55 bits per heavy atom. The predicted molar refractivity (Wildman–Crippen MR) is 85.3 cm³/mol. The molecule has 0 amide bonds. The zero-order chi connectivity index (χ0) is 14.4. The van der Waals surface area contributed by atoms with Crippen molar-refractivity contribution in [3.8, 4) is 0 Å². The van der Waals surface area contributed by atoms with Crippen LogP contribution < -0.4 is 10.6 Å². The Morgan fingerprint density at radius 1 is 1.20 bits per heavy atom. The minimum absolute atomic E-state index is 0.440. The minimum Gasteiger partial charge on any atom is -0.367 e. The van der Waals surface area contributed by atoms with Gasteiger partial charge in [0.05, 0.1) is 0 Å². The van der Waals surface area contributed by atoms with Gasteiger partial charge in [-0.05, 0) is 33.1 Å². The minimum atomic E-state index is 0.440. The third kappa shape index (κ3) is 4.66. The maximum Gasteiger partial charge on any atom is 0.225 e. The lowest BCUT2D eigenvalue weighted by atomic mass is 10.1. The van der Waals surface area contributed by atoms with E-state index >= 15 is 0 Å². The normalized spacial score (nSPS) is 18.4. The first-order valence-electron chi connectivity index (χ1n) is 8.06. The van der Waals surface area contributed by atoms with Gasteiger partial charge in [0.1, 0.15) is 5.82 Å². The van der Waals surface area contributed by atoms with Crippen LogP contribution in [0.25, 0.3) is 0 Å². The molecule has 4 heteroatoms. The number of hydrogen-bond donors (Lipinski definition) is 2. The van der Waals surface area contributed by atoms with E-state index in [1.807, 2.05) is 13.0 Å². The molecule has 1 unspecified atom stereocenters. The number of anilines is 2. The Balaban J connectivity index is 2.02. The van der Waals surface area contributed by atoms with Gasteiger partial charge in [0.15, 0.2) is 0 Å². The summed E-state index contributed by atoms with van der Waals surface area (Å²) >= 11 is 0. The summed E-state index contributed by atoms with van der Waals surface area (Å²) in [5.41, 5.74) is 1.02. The third-order valence-corrected chi connectivity index (χ3v) is 4.05. The number of nitrogens with zero attached hydrogens (tertiary/aromatic N) is 2. The largest absolute Gasteiger partial charge is 0.367 e. The van der Waals surface area contributed by atoms with Crippen molar-refractivity contribution in [3.63, 3.8) is 0 Å². The van der Waals surface area contributed by atoms with Gasteiger partial charge in [-0.1, -0.05) is 32.6 Å². The number of aromatic nitrogens is 2. The van der Waals surface area contributed by atoms with Crippen LogP contribution in [0.5, 0.6) is 0 Å². The van der Waals surface area contributed by atoms with E-state index in [0.29, 0.717) is 12.1 Å². The van der Waals surface area contributed by atoms with Crippen LogP contribution in [0.4, 0.5) is 11.8 Å². The van der Waals surface area contributed by atoms with Crippen molar-refractivity contribution in [2.45, 2.75) is 77.8 Å². The van der Waals surface area contributed by atoms with Gasteiger partial charge in [-0.15, -0.1) is 0 Å². The lowest BCUT2D eigenvalue weighted by Crippen LogP contribution is -2.21. The van der Waals surface area contributed by atoms with Crippen LogP contribution in [-0.2, 0) is 0 Å². The fourth-order valence-corrected chi connectivity index (χ4v) is 2.67. The molecule has 2 N–H and O–H groups in total. The van der Waals surface area contributed by atoms with E-state index in [2.05, 4.69) is 34.4 Å². The molecule has 1 aliphatic rings. The molecule has 0 saturated heterocycles. The number of nitrogens with one attached hydrogen (secondary N) is 2. The zero-order valence-corrected chi connectivity index (χ0v) is 13.1. The van der Waals surface area contributed by atoms with E-state index in [1.54, 1.807) is 0 Å². The molecule has 1 aliphatic carbocycles. The van der Waals surface area contributed by atoms with Crippen LogP contribution in [0.2, 0.25) is 0 Å². The van der Waals surface area contributed by atoms with Gasteiger partial charge in [-0.3, -0.25) is 0 Å². The molecule has 1 aromatic rings. The van der Waals surface area contributed by atoms with Crippen LogP contribution in [-0.4, -0.2) is 22.1 Å². The lowest BCUT2D eigenvalue weighted by molar-refractivity contribution is 0.614. The van der Waals surface area contributed by atoms with Crippen LogP contribution >= 0.6 is 0 Å². The standard InChI is InChI=1S/C16H28N4/c1-4-12(2)17-15-11-13(3)18-16(20-15)19-14-9-7-5-6-8-10-14/h11-12,14H,4-10H2,1-3H3,(H2,17,18,19,20). The second-order valence-corrected chi connectivity index (χ2v) is 6.00. The van der Waals surface area contributed by atoms with Crippen LogP contribution in [0.1, 0.15) is 64.5 Å². The van der Waals surface area contributed by atoms with E-state index in [0.717, 1.165) is 23.9 Å². The van der Waals surface area contributed by atoms with Gasteiger partial charge < -0.3 is 10.6 Å². The summed E-state index contributed by atoms with van der Waals surface area (Å²) in [6.07, 6.45) is 8.95. The van der Waals surface area contributed by atoms with Crippen molar-refractivity contribution < 1.29 is 0 Å². The average Bonchev–Trinajstić information content (AvgIpc) is 2.66. The maximum absolute atomic E-state index is 4.61. The first kappa shape index (κ1) is 15.1. The van der Waals surface area contributed by atoms with E-state index in [9.17, 15) is 0 Å². The molecule has 0 aliphatic heterocycles. The predicted octanol–water partition coefficient (Wildman–Crippen LogP) is 4.13. The number of aryl methyl sites for hydroxylation is 1. The molecule has 1 fully saturated rings. The maximum atomic E-state index is 4.61. The Kier molecular flexibility index (Phi) is 5.62. The second kappa shape index (κ2) is 7.46. The van der Waals surface area contributed by atoms with Crippen LogP contribution in [0, 0.1) is 6.92 Å². The van der Waals surface area contributed by atoms with Gasteiger partial charge in [0.25, 0.3) is 0 Å². The molecule has 0 radical (unpaired) electrons. The summed E-state index contributed by atoms with van der Waals surface area (Å²) in [4.78, 5) is 9.14. The smallest absolute Gasteiger partial charge is 0.225 e. The highest BCUT2D eigenvalue weighted by molar-refractivity contribution is 5.43. The van der Waals surface area contributed by atoms with Crippen molar-refractivity contribution >= 4 is 11.8 Å². The summed E-state index contributed by atoms with van der Waals surface area (Å²) in [7, 11) is 0. The molecule has 1 saturated carbocycles. The third-order valence-electron chi connectivity index (χ3n) is 4.05. The number of hydrogen-bond acceptors (Lipinski definition) is 4. The molecule has 1 atom stereocenters. The fourth-order valence-electron chi connectivity index (χ4n) is 2.67. The molecule has 0 bridgehead atoms. The van der Waals surface area contributed by atoms with Gasteiger partial charge >= 0.3 is 0 Å². The first-order chi connectivity index (χ1) is 9.67.